The molecule has 2 N–H and O–H groups in total. The lowest BCUT2D eigenvalue weighted by atomic mass is 10.1. The molecule has 24 heavy (non-hydrogen) atoms. The second-order valence-corrected chi connectivity index (χ2v) is 5.93. The van der Waals surface area contributed by atoms with Crippen molar-refractivity contribution in [2.75, 3.05) is 30.3 Å². The molecule has 0 radical (unpaired) electrons. The number of benzodiazepines with no additional fused rings is 1. The van der Waals surface area contributed by atoms with Crippen LogP contribution in [0.25, 0.3) is 0 Å². The molecule has 0 bridgehead atoms. The Hall–Kier alpha value is -2.82. The number of hydrogen-bond acceptors (Lipinski definition) is 4. The highest BCUT2D eigenvalue weighted by molar-refractivity contribution is 6.01. The third-order valence-corrected chi connectivity index (χ3v) is 4.17. The third-order valence-electron chi connectivity index (χ3n) is 4.17. The SMILES string of the molecule is Cc1ccc(OCC(=O)N2CCN=Cc3cc(N)ccc32)cc1C. The number of aryl methyl sites for hydroxylation is 2. The van der Waals surface area contributed by atoms with Crippen molar-refractivity contribution in [3.8, 4) is 5.75 Å². The van der Waals surface area contributed by atoms with E-state index in [1.807, 2.05) is 44.2 Å². The van der Waals surface area contributed by atoms with Gasteiger partial charge in [0.15, 0.2) is 6.61 Å². The number of nitrogens with two attached hydrogens (primary N) is 1. The van der Waals surface area contributed by atoms with Crippen LogP contribution >= 0.6 is 0 Å². The van der Waals surface area contributed by atoms with Gasteiger partial charge in [-0.1, -0.05) is 6.07 Å². The summed E-state index contributed by atoms with van der Waals surface area (Å²) in [6, 6.07) is 11.3. The van der Waals surface area contributed by atoms with E-state index in [1.54, 1.807) is 17.2 Å². The van der Waals surface area contributed by atoms with Crippen LogP contribution in [0.2, 0.25) is 0 Å². The number of nitrogen functional groups attached to an aromatic ring is 1. The molecule has 1 aliphatic heterocycles. The summed E-state index contributed by atoms with van der Waals surface area (Å²) in [5.41, 5.74) is 10.5. The van der Waals surface area contributed by atoms with E-state index in [4.69, 9.17) is 10.5 Å². The first-order valence-electron chi connectivity index (χ1n) is 7.94. The molecule has 0 saturated heterocycles. The number of fused-ring (bicyclic) bond motifs is 1. The zero-order chi connectivity index (χ0) is 17.1. The van der Waals surface area contributed by atoms with Crippen molar-refractivity contribution < 1.29 is 9.53 Å². The maximum absolute atomic E-state index is 12.6. The monoisotopic (exact) mass is 323 g/mol. The van der Waals surface area contributed by atoms with Crippen molar-refractivity contribution in [3.63, 3.8) is 0 Å². The molecule has 3 rings (SSSR count). The van der Waals surface area contributed by atoms with E-state index >= 15 is 0 Å². The zero-order valence-electron chi connectivity index (χ0n) is 14.0. The van der Waals surface area contributed by atoms with Crippen molar-refractivity contribution in [2.45, 2.75) is 13.8 Å². The smallest absolute Gasteiger partial charge is 0.264 e. The predicted octanol–water partition coefficient (Wildman–Crippen LogP) is 2.73. The van der Waals surface area contributed by atoms with E-state index in [1.165, 1.54) is 5.56 Å². The Morgan fingerprint density at radius 3 is 2.83 bits per heavy atom. The molecule has 2 aromatic carbocycles. The van der Waals surface area contributed by atoms with E-state index < -0.39 is 0 Å². The van der Waals surface area contributed by atoms with Gasteiger partial charge >= 0.3 is 0 Å². The molecule has 5 nitrogen and oxygen atoms in total. The minimum atomic E-state index is -0.0928. The van der Waals surface area contributed by atoms with Gasteiger partial charge in [0.05, 0.1) is 12.2 Å². The summed E-state index contributed by atoms with van der Waals surface area (Å²) in [6.07, 6.45) is 1.77. The van der Waals surface area contributed by atoms with Crippen LogP contribution in [-0.4, -0.2) is 31.8 Å². The minimum Gasteiger partial charge on any atom is -0.484 e. The minimum absolute atomic E-state index is 0.00762. The van der Waals surface area contributed by atoms with Crippen LogP contribution in [0.4, 0.5) is 11.4 Å². The highest BCUT2D eigenvalue weighted by Crippen LogP contribution is 2.24. The summed E-state index contributed by atoms with van der Waals surface area (Å²) in [7, 11) is 0. The van der Waals surface area contributed by atoms with Gasteiger partial charge in [0.1, 0.15) is 5.75 Å². The molecule has 5 heteroatoms. The van der Waals surface area contributed by atoms with Gasteiger partial charge in [0.25, 0.3) is 5.91 Å². The number of nitrogens with zero attached hydrogens (tertiary/aromatic N) is 2. The number of carbonyl (C=O) groups is 1. The van der Waals surface area contributed by atoms with Crippen molar-refractivity contribution in [1.29, 1.82) is 0 Å². The van der Waals surface area contributed by atoms with Gasteiger partial charge in [-0.05, 0) is 55.3 Å². The van der Waals surface area contributed by atoms with Crippen molar-refractivity contribution in [3.05, 3.63) is 53.1 Å². The Morgan fingerprint density at radius 2 is 2.04 bits per heavy atom. The van der Waals surface area contributed by atoms with Gasteiger partial charge in [-0.2, -0.15) is 0 Å². The van der Waals surface area contributed by atoms with Gasteiger partial charge in [0, 0.05) is 24.0 Å². The van der Waals surface area contributed by atoms with Crippen LogP contribution in [0, 0.1) is 13.8 Å². The number of rotatable bonds is 3. The Bertz CT molecular complexity index is 799. The average Bonchev–Trinajstić information content (AvgIpc) is 2.77. The summed E-state index contributed by atoms with van der Waals surface area (Å²) in [5, 5.41) is 0. The number of benzene rings is 2. The van der Waals surface area contributed by atoms with E-state index in [0.29, 0.717) is 24.5 Å². The first-order chi connectivity index (χ1) is 11.5. The van der Waals surface area contributed by atoms with Crippen LogP contribution in [0.15, 0.2) is 41.4 Å². The molecule has 0 atom stereocenters. The first-order valence-corrected chi connectivity index (χ1v) is 7.94. The fourth-order valence-electron chi connectivity index (χ4n) is 2.65. The van der Waals surface area contributed by atoms with Crippen LogP contribution in [0.1, 0.15) is 16.7 Å². The number of hydrogen-bond donors (Lipinski definition) is 1. The maximum Gasteiger partial charge on any atom is 0.264 e. The number of carbonyl (C=O) groups excluding carboxylic acids is 1. The second-order valence-electron chi connectivity index (χ2n) is 5.93. The van der Waals surface area contributed by atoms with Gasteiger partial charge in [-0.3, -0.25) is 9.79 Å². The van der Waals surface area contributed by atoms with Crippen molar-refractivity contribution >= 4 is 23.5 Å². The summed E-state index contributed by atoms with van der Waals surface area (Å²) < 4.78 is 5.68. The largest absolute Gasteiger partial charge is 0.484 e. The summed E-state index contributed by atoms with van der Waals surface area (Å²) in [5.74, 6) is 0.611. The molecule has 0 saturated carbocycles. The molecule has 0 unspecified atom stereocenters. The Kier molecular flexibility index (Phi) is 4.51. The first kappa shape index (κ1) is 16.1. The van der Waals surface area contributed by atoms with Gasteiger partial charge in [-0.15, -0.1) is 0 Å². The number of anilines is 2. The van der Waals surface area contributed by atoms with E-state index in [-0.39, 0.29) is 12.5 Å². The van der Waals surface area contributed by atoms with Gasteiger partial charge < -0.3 is 15.4 Å². The molecule has 1 amide bonds. The predicted molar refractivity (Wildman–Crippen MR) is 97.1 cm³/mol. The molecule has 1 heterocycles. The van der Waals surface area contributed by atoms with Crippen molar-refractivity contribution in [2.24, 2.45) is 4.99 Å². The summed E-state index contributed by atoms with van der Waals surface area (Å²) >= 11 is 0. The van der Waals surface area contributed by atoms with Crippen LogP contribution in [0.5, 0.6) is 5.75 Å². The van der Waals surface area contributed by atoms with Crippen LogP contribution in [-0.2, 0) is 4.79 Å². The second kappa shape index (κ2) is 6.74. The third kappa shape index (κ3) is 3.40. The van der Waals surface area contributed by atoms with E-state index in [2.05, 4.69) is 4.99 Å². The van der Waals surface area contributed by atoms with Gasteiger partial charge in [0.2, 0.25) is 0 Å². The summed E-state index contributed by atoms with van der Waals surface area (Å²) in [6.45, 7) is 5.15. The maximum atomic E-state index is 12.6. The molecule has 2 aromatic rings. The molecular weight excluding hydrogens is 302 g/mol. The number of aliphatic imine (C=N–C) groups is 1. The molecule has 0 aliphatic carbocycles. The standard InChI is InChI=1S/C19H21N3O2/c1-13-3-5-17(9-14(13)2)24-12-19(23)22-8-7-21-11-15-10-16(20)4-6-18(15)22/h3-6,9-11H,7-8,12,20H2,1-2H3. The fourth-order valence-corrected chi connectivity index (χ4v) is 2.65. The zero-order valence-corrected chi connectivity index (χ0v) is 14.0. The molecule has 0 spiro atoms. The van der Waals surface area contributed by atoms with E-state index in [0.717, 1.165) is 16.8 Å². The van der Waals surface area contributed by atoms with Crippen LogP contribution in [0.3, 0.4) is 0 Å². The quantitative estimate of drug-likeness (QED) is 0.883. The lowest BCUT2D eigenvalue weighted by Crippen LogP contribution is -2.36. The Balaban J connectivity index is 1.74. The van der Waals surface area contributed by atoms with Crippen molar-refractivity contribution in [1.82, 2.24) is 0 Å². The number of ether oxygens (including phenoxy) is 1. The topological polar surface area (TPSA) is 67.9 Å². The average molecular weight is 323 g/mol. The molecule has 124 valence electrons. The lowest BCUT2D eigenvalue weighted by Gasteiger charge is -2.22. The van der Waals surface area contributed by atoms with Gasteiger partial charge in [-0.25, -0.2) is 0 Å². The summed E-state index contributed by atoms with van der Waals surface area (Å²) in [4.78, 5) is 18.7. The Morgan fingerprint density at radius 1 is 1.21 bits per heavy atom. The van der Waals surface area contributed by atoms with Crippen LogP contribution < -0.4 is 15.4 Å². The highest BCUT2D eigenvalue weighted by atomic mass is 16.5. The highest BCUT2D eigenvalue weighted by Gasteiger charge is 2.20. The molecule has 1 aliphatic rings. The molecular formula is C19H21N3O2. The molecule has 0 fully saturated rings. The van der Waals surface area contributed by atoms with E-state index in [9.17, 15) is 4.79 Å². The number of amides is 1. The normalized spacial score (nSPS) is 13.3. The molecule has 0 aromatic heterocycles. The lowest BCUT2D eigenvalue weighted by molar-refractivity contribution is -0.120. The fraction of sp³-hybridized carbons (Fsp3) is 0.263. The Labute approximate surface area is 141 Å².